The average molecular weight is 473 g/mol. The molecule has 0 unspecified atom stereocenters. The first-order chi connectivity index (χ1) is 16.8. The largest absolute Gasteiger partial charge is 0.494 e. The summed E-state index contributed by atoms with van der Waals surface area (Å²) >= 11 is 0. The van der Waals surface area contributed by atoms with Gasteiger partial charge in [0.25, 0.3) is 5.56 Å². The van der Waals surface area contributed by atoms with Crippen LogP contribution in [0.1, 0.15) is 34.0 Å². The molecule has 4 aromatic rings. The molecule has 0 saturated heterocycles. The van der Waals surface area contributed by atoms with Gasteiger partial charge in [0.05, 0.1) is 19.2 Å². The molecule has 1 aliphatic heterocycles. The molecule has 5 rings (SSSR count). The van der Waals surface area contributed by atoms with Crippen molar-refractivity contribution in [1.29, 1.82) is 0 Å². The lowest BCUT2D eigenvalue weighted by atomic mass is 9.96. The van der Waals surface area contributed by atoms with E-state index in [2.05, 4.69) is 10.1 Å². The Balaban J connectivity index is 1.55. The Hall–Kier alpha value is -3.94. The molecule has 0 saturated carbocycles. The van der Waals surface area contributed by atoms with Gasteiger partial charge in [0, 0.05) is 54.5 Å². The van der Waals surface area contributed by atoms with Gasteiger partial charge in [0.15, 0.2) is 0 Å². The zero-order chi connectivity index (χ0) is 24.9. The lowest BCUT2D eigenvalue weighted by Crippen LogP contribution is -2.39. The number of ether oxygens (including phenoxy) is 1. The van der Waals surface area contributed by atoms with Gasteiger partial charge in [-0.1, -0.05) is 11.2 Å². The molecule has 1 amide bonds. The minimum absolute atomic E-state index is 0.0232. The normalized spacial score (nSPS) is 13.2. The summed E-state index contributed by atoms with van der Waals surface area (Å²) in [6.45, 7) is 6.62. The predicted octanol–water partition coefficient (Wildman–Crippen LogP) is 3.65. The maximum atomic E-state index is 13.4. The Morgan fingerprint density at radius 2 is 1.94 bits per heavy atom. The number of carbonyl (C=O) groups is 1. The minimum Gasteiger partial charge on any atom is -0.494 e. The molecule has 0 bridgehead atoms. The maximum Gasteiger partial charge on any atom is 0.258 e. The molecule has 0 atom stereocenters. The number of amides is 1. The molecule has 1 aliphatic rings. The van der Waals surface area contributed by atoms with Crippen LogP contribution in [0, 0.1) is 20.8 Å². The first-order valence-electron chi connectivity index (χ1n) is 11.6. The topological polar surface area (TPSA) is 90.5 Å². The van der Waals surface area contributed by atoms with Gasteiger partial charge < -0.3 is 18.7 Å². The fraction of sp³-hybridized carbons (Fsp3) is 0.333. The standard InChI is InChI=1S/C27H28N4O4/c1-15-6-7-20-19(8-9-24(34-5)26(20)28-15)22-12-18-14-31(11-10-23(18)30(4)27(22)33)25(32)13-21-16(2)29-35-17(21)3/h6-9,12H,10-11,13-14H2,1-5H3. The molecule has 180 valence electrons. The van der Waals surface area contributed by atoms with E-state index in [1.807, 2.05) is 56.0 Å². The molecule has 3 aromatic heterocycles. The molecule has 1 aromatic carbocycles. The second kappa shape index (κ2) is 8.69. The van der Waals surface area contributed by atoms with Crippen molar-refractivity contribution in [2.24, 2.45) is 7.05 Å². The maximum absolute atomic E-state index is 13.4. The highest BCUT2D eigenvalue weighted by atomic mass is 16.5. The van der Waals surface area contributed by atoms with Gasteiger partial charge in [-0.2, -0.15) is 0 Å². The van der Waals surface area contributed by atoms with E-state index in [0.717, 1.165) is 44.7 Å². The summed E-state index contributed by atoms with van der Waals surface area (Å²) in [4.78, 5) is 33.1. The molecule has 8 heteroatoms. The van der Waals surface area contributed by atoms with E-state index in [1.165, 1.54) is 0 Å². The highest BCUT2D eigenvalue weighted by Gasteiger charge is 2.26. The van der Waals surface area contributed by atoms with Crippen LogP contribution in [0.3, 0.4) is 0 Å². The Morgan fingerprint density at radius 3 is 2.66 bits per heavy atom. The van der Waals surface area contributed by atoms with Gasteiger partial charge in [0.2, 0.25) is 5.91 Å². The molecule has 0 N–H and O–H groups in total. The molecule has 8 nitrogen and oxygen atoms in total. The van der Waals surface area contributed by atoms with Crippen LogP contribution in [-0.2, 0) is 31.2 Å². The quantitative estimate of drug-likeness (QED) is 0.450. The van der Waals surface area contributed by atoms with Gasteiger partial charge in [0.1, 0.15) is 17.0 Å². The van der Waals surface area contributed by atoms with Crippen LogP contribution in [-0.4, -0.2) is 39.2 Å². The van der Waals surface area contributed by atoms with E-state index < -0.39 is 0 Å². The van der Waals surface area contributed by atoms with Gasteiger partial charge in [-0.3, -0.25) is 9.59 Å². The van der Waals surface area contributed by atoms with Crippen LogP contribution in [0.5, 0.6) is 5.75 Å². The minimum atomic E-state index is -0.0636. The zero-order valence-corrected chi connectivity index (χ0v) is 20.6. The molecule has 0 fully saturated rings. The van der Waals surface area contributed by atoms with Gasteiger partial charge >= 0.3 is 0 Å². The Morgan fingerprint density at radius 1 is 1.14 bits per heavy atom. The number of benzene rings is 1. The molecule has 0 radical (unpaired) electrons. The molecular weight excluding hydrogens is 444 g/mol. The lowest BCUT2D eigenvalue weighted by Gasteiger charge is -2.30. The van der Waals surface area contributed by atoms with Gasteiger partial charge in [-0.25, -0.2) is 4.98 Å². The number of hydrogen-bond donors (Lipinski definition) is 0. The zero-order valence-electron chi connectivity index (χ0n) is 20.6. The summed E-state index contributed by atoms with van der Waals surface area (Å²) in [5, 5.41) is 4.82. The van der Waals surface area contributed by atoms with E-state index in [-0.39, 0.29) is 17.9 Å². The van der Waals surface area contributed by atoms with Crippen LogP contribution in [0.4, 0.5) is 0 Å². The summed E-state index contributed by atoms with van der Waals surface area (Å²) < 4.78 is 12.5. The third kappa shape index (κ3) is 3.88. The second-order valence-electron chi connectivity index (χ2n) is 9.10. The Labute approximate surface area is 203 Å². The SMILES string of the molecule is COc1ccc(-c2cc3c(n(C)c2=O)CCN(C(=O)Cc2c(C)noc2C)C3)c2ccc(C)nc12. The van der Waals surface area contributed by atoms with Gasteiger partial charge in [-0.05, 0) is 56.2 Å². The Bertz CT molecular complexity index is 1510. The number of aryl methyl sites for hydroxylation is 3. The van der Waals surface area contributed by atoms with Crippen molar-refractivity contribution >= 4 is 16.8 Å². The third-order valence-corrected chi connectivity index (χ3v) is 6.94. The second-order valence-corrected chi connectivity index (χ2v) is 9.10. The number of nitrogens with zero attached hydrogens (tertiary/aromatic N) is 4. The van der Waals surface area contributed by atoms with Gasteiger partial charge in [-0.15, -0.1) is 0 Å². The summed E-state index contributed by atoms with van der Waals surface area (Å²) in [6, 6.07) is 9.61. The smallest absolute Gasteiger partial charge is 0.258 e. The fourth-order valence-corrected chi connectivity index (χ4v) is 4.94. The van der Waals surface area contributed by atoms with E-state index in [0.29, 0.717) is 36.6 Å². The van der Waals surface area contributed by atoms with Crippen LogP contribution >= 0.6 is 0 Å². The third-order valence-electron chi connectivity index (χ3n) is 6.94. The summed E-state index contributed by atoms with van der Waals surface area (Å²) in [5.74, 6) is 1.36. The predicted molar refractivity (Wildman–Crippen MR) is 133 cm³/mol. The monoisotopic (exact) mass is 472 g/mol. The van der Waals surface area contributed by atoms with Crippen molar-refractivity contribution in [3.8, 4) is 16.9 Å². The molecule has 0 spiro atoms. The first-order valence-corrected chi connectivity index (χ1v) is 11.6. The van der Waals surface area contributed by atoms with Crippen molar-refractivity contribution in [2.75, 3.05) is 13.7 Å². The lowest BCUT2D eigenvalue weighted by molar-refractivity contribution is -0.131. The highest BCUT2D eigenvalue weighted by molar-refractivity contribution is 5.98. The average Bonchev–Trinajstić information content (AvgIpc) is 3.17. The molecule has 35 heavy (non-hydrogen) atoms. The molecule has 4 heterocycles. The summed E-state index contributed by atoms with van der Waals surface area (Å²) in [5.41, 5.74) is 6.45. The van der Waals surface area contributed by atoms with Crippen LogP contribution in [0.25, 0.3) is 22.0 Å². The summed E-state index contributed by atoms with van der Waals surface area (Å²) in [6.07, 6.45) is 0.877. The van der Waals surface area contributed by atoms with Crippen LogP contribution in [0.15, 0.2) is 39.6 Å². The van der Waals surface area contributed by atoms with Crippen molar-refractivity contribution in [3.05, 3.63) is 74.7 Å². The molecular formula is C27H28N4O4. The number of rotatable bonds is 4. The van der Waals surface area contributed by atoms with Crippen molar-refractivity contribution in [1.82, 2.24) is 19.6 Å². The number of aromatic nitrogens is 3. The number of methoxy groups -OCH3 is 1. The van der Waals surface area contributed by atoms with Crippen LogP contribution in [0.2, 0.25) is 0 Å². The van der Waals surface area contributed by atoms with Crippen molar-refractivity contribution < 1.29 is 14.1 Å². The number of fused-ring (bicyclic) bond motifs is 2. The van der Waals surface area contributed by atoms with Crippen molar-refractivity contribution in [3.63, 3.8) is 0 Å². The molecule has 0 aliphatic carbocycles. The highest BCUT2D eigenvalue weighted by Crippen LogP contribution is 2.33. The van der Waals surface area contributed by atoms with Crippen LogP contribution < -0.4 is 10.3 Å². The first kappa shape index (κ1) is 22.8. The van der Waals surface area contributed by atoms with E-state index in [4.69, 9.17) is 9.26 Å². The number of pyridine rings is 2. The summed E-state index contributed by atoms with van der Waals surface area (Å²) in [7, 11) is 3.42. The van der Waals surface area contributed by atoms with Crippen molar-refractivity contribution in [2.45, 2.75) is 40.2 Å². The Kier molecular flexibility index (Phi) is 5.67. The van der Waals surface area contributed by atoms with E-state index in [1.54, 1.807) is 18.7 Å². The fourth-order valence-electron chi connectivity index (χ4n) is 4.94. The number of carbonyl (C=O) groups excluding carboxylic acids is 1. The number of hydrogen-bond acceptors (Lipinski definition) is 6. The van der Waals surface area contributed by atoms with E-state index >= 15 is 0 Å². The van der Waals surface area contributed by atoms with E-state index in [9.17, 15) is 9.59 Å².